The lowest BCUT2D eigenvalue weighted by molar-refractivity contribution is -0.129. The van der Waals surface area contributed by atoms with Crippen molar-refractivity contribution in [2.75, 3.05) is 20.1 Å². The monoisotopic (exact) mass is 211 g/mol. The molecule has 0 heterocycles. The maximum Gasteiger partial charge on any atom is 0.223 e. The van der Waals surface area contributed by atoms with Crippen molar-refractivity contribution in [1.29, 1.82) is 5.26 Å². The topological polar surface area (TPSA) is 56.1 Å². The normalized spacial score (nSPS) is 10.9. The molecule has 0 aliphatic heterocycles. The molecule has 15 heavy (non-hydrogen) atoms. The first kappa shape index (κ1) is 13.9. The number of carbonyl (C=O) groups is 1. The Bertz CT molecular complexity index is 237. The molecule has 0 bridgehead atoms. The zero-order valence-electron chi connectivity index (χ0n) is 10.1. The Balaban J connectivity index is 3.70. The van der Waals surface area contributed by atoms with E-state index in [0.29, 0.717) is 25.9 Å². The molecular formula is C11H21N3O. The fraction of sp³-hybridized carbons (Fsp3) is 0.818. The van der Waals surface area contributed by atoms with E-state index < -0.39 is 0 Å². The minimum Gasteiger partial charge on any atom is -0.345 e. The first-order chi connectivity index (χ1) is 6.87. The van der Waals surface area contributed by atoms with Crippen LogP contribution in [0.3, 0.4) is 0 Å². The van der Waals surface area contributed by atoms with E-state index >= 15 is 0 Å². The van der Waals surface area contributed by atoms with Crippen LogP contribution in [0.15, 0.2) is 0 Å². The smallest absolute Gasteiger partial charge is 0.223 e. The van der Waals surface area contributed by atoms with Crippen LogP contribution in [0.5, 0.6) is 0 Å². The molecule has 0 aromatic carbocycles. The quantitative estimate of drug-likeness (QED) is 0.742. The van der Waals surface area contributed by atoms with E-state index in [0.717, 1.165) is 0 Å². The summed E-state index contributed by atoms with van der Waals surface area (Å²) in [5, 5.41) is 11.6. The minimum absolute atomic E-state index is 0.0471. The molecule has 4 nitrogen and oxygen atoms in total. The van der Waals surface area contributed by atoms with E-state index in [1.807, 2.05) is 6.07 Å². The van der Waals surface area contributed by atoms with Gasteiger partial charge in [0.15, 0.2) is 0 Å². The number of carbonyl (C=O) groups excluding carboxylic acids is 1. The van der Waals surface area contributed by atoms with Crippen molar-refractivity contribution < 1.29 is 4.79 Å². The molecule has 0 unspecified atom stereocenters. The van der Waals surface area contributed by atoms with Gasteiger partial charge in [0.05, 0.1) is 12.5 Å². The van der Waals surface area contributed by atoms with Crippen LogP contribution in [0, 0.1) is 11.3 Å². The van der Waals surface area contributed by atoms with Gasteiger partial charge in [-0.05, 0) is 20.8 Å². The lowest BCUT2D eigenvalue weighted by Gasteiger charge is -2.21. The van der Waals surface area contributed by atoms with E-state index in [-0.39, 0.29) is 11.4 Å². The molecule has 4 heteroatoms. The van der Waals surface area contributed by atoms with Crippen molar-refractivity contribution in [2.24, 2.45) is 0 Å². The molecule has 0 rings (SSSR count). The summed E-state index contributed by atoms with van der Waals surface area (Å²) in [6.07, 6.45) is 0.883. The zero-order valence-corrected chi connectivity index (χ0v) is 10.1. The van der Waals surface area contributed by atoms with Crippen molar-refractivity contribution >= 4 is 5.91 Å². The Morgan fingerprint density at radius 2 is 2.07 bits per heavy atom. The largest absolute Gasteiger partial charge is 0.345 e. The highest BCUT2D eigenvalue weighted by molar-refractivity contribution is 5.76. The van der Waals surface area contributed by atoms with Crippen LogP contribution in [0.2, 0.25) is 0 Å². The second kappa shape index (κ2) is 6.41. The molecule has 0 aliphatic carbocycles. The lowest BCUT2D eigenvalue weighted by atomic mass is 10.1. The van der Waals surface area contributed by atoms with Crippen molar-refractivity contribution in [1.82, 2.24) is 10.2 Å². The zero-order chi connectivity index (χ0) is 11.9. The number of amides is 1. The Hall–Kier alpha value is -1.08. The van der Waals surface area contributed by atoms with Crippen LogP contribution in [0.4, 0.5) is 0 Å². The van der Waals surface area contributed by atoms with Crippen molar-refractivity contribution in [2.45, 2.75) is 39.2 Å². The average molecular weight is 211 g/mol. The molecule has 1 N–H and O–H groups in total. The van der Waals surface area contributed by atoms with Crippen molar-refractivity contribution in [3.8, 4) is 6.07 Å². The first-order valence-corrected chi connectivity index (χ1v) is 5.23. The van der Waals surface area contributed by atoms with Gasteiger partial charge in [-0.3, -0.25) is 4.79 Å². The molecule has 0 aromatic heterocycles. The highest BCUT2D eigenvalue weighted by Gasteiger charge is 2.11. The molecule has 0 spiro atoms. The van der Waals surface area contributed by atoms with Crippen molar-refractivity contribution in [3.05, 3.63) is 0 Å². The van der Waals surface area contributed by atoms with Gasteiger partial charge in [0.1, 0.15) is 0 Å². The number of rotatable bonds is 5. The number of hydrogen-bond acceptors (Lipinski definition) is 3. The Morgan fingerprint density at radius 3 is 2.53 bits per heavy atom. The van der Waals surface area contributed by atoms with E-state index in [1.54, 1.807) is 11.9 Å². The van der Waals surface area contributed by atoms with Crippen molar-refractivity contribution in [3.63, 3.8) is 0 Å². The van der Waals surface area contributed by atoms with Crippen LogP contribution < -0.4 is 5.32 Å². The Morgan fingerprint density at radius 1 is 1.47 bits per heavy atom. The third kappa shape index (κ3) is 7.95. The summed E-state index contributed by atoms with van der Waals surface area (Å²) < 4.78 is 0. The molecule has 0 saturated carbocycles. The SMILES string of the molecule is CN(CCC#N)C(=O)CCNC(C)(C)C. The van der Waals surface area contributed by atoms with Crippen LogP contribution in [-0.2, 0) is 4.79 Å². The van der Waals surface area contributed by atoms with Gasteiger partial charge in [-0.1, -0.05) is 0 Å². The summed E-state index contributed by atoms with van der Waals surface area (Å²) in [5.74, 6) is 0.0852. The second-order valence-electron chi connectivity index (χ2n) is 4.65. The minimum atomic E-state index is 0.0471. The maximum absolute atomic E-state index is 11.5. The second-order valence-corrected chi connectivity index (χ2v) is 4.65. The summed E-state index contributed by atoms with van der Waals surface area (Å²) >= 11 is 0. The molecule has 1 amide bonds. The number of nitriles is 1. The standard InChI is InChI=1S/C11H21N3O/c1-11(2,3)13-8-6-10(15)14(4)9-5-7-12/h13H,5-6,8-9H2,1-4H3. The number of hydrogen-bond donors (Lipinski definition) is 1. The van der Waals surface area contributed by atoms with E-state index in [4.69, 9.17) is 5.26 Å². The summed E-state index contributed by atoms with van der Waals surface area (Å²) in [6, 6.07) is 2.02. The van der Waals surface area contributed by atoms with E-state index in [2.05, 4.69) is 26.1 Å². The summed E-state index contributed by atoms with van der Waals surface area (Å²) in [5.41, 5.74) is 0.0471. The lowest BCUT2D eigenvalue weighted by Crippen LogP contribution is -2.39. The first-order valence-electron chi connectivity index (χ1n) is 5.23. The van der Waals surface area contributed by atoms with Gasteiger partial charge in [-0.15, -0.1) is 0 Å². The van der Waals surface area contributed by atoms with Gasteiger partial charge < -0.3 is 10.2 Å². The number of nitrogens with one attached hydrogen (secondary N) is 1. The maximum atomic E-state index is 11.5. The highest BCUT2D eigenvalue weighted by atomic mass is 16.2. The Labute approximate surface area is 92.3 Å². The Kier molecular flexibility index (Phi) is 5.95. The van der Waals surface area contributed by atoms with Gasteiger partial charge in [0.2, 0.25) is 5.91 Å². The number of nitrogens with zero attached hydrogens (tertiary/aromatic N) is 2. The van der Waals surface area contributed by atoms with Gasteiger partial charge in [-0.2, -0.15) is 5.26 Å². The van der Waals surface area contributed by atoms with Crippen LogP contribution in [0.25, 0.3) is 0 Å². The predicted molar refractivity (Wildman–Crippen MR) is 60.2 cm³/mol. The molecule has 0 aromatic rings. The molecular weight excluding hydrogens is 190 g/mol. The van der Waals surface area contributed by atoms with Crippen LogP contribution in [-0.4, -0.2) is 36.5 Å². The summed E-state index contributed by atoms with van der Waals surface area (Å²) in [6.45, 7) is 7.40. The van der Waals surface area contributed by atoms with Crippen LogP contribution >= 0.6 is 0 Å². The molecule has 0 saturated heterocycles. The van der Waals surface area contributed by atoms with E-state index in [9.17, 15) is 4.79 Å². The molecule has 86 valence electrons. The average Bonchev–Trinajstić information content (AvgIpc) is 2.11. The molecule has 0 fully saturated rings. The molecule has 0 radical (unpaired) electrons. The van der Waals surface area contributed by atoms with Gasteiger partial charge >= 0.3 is 0 Å². The molecule has 0 aliphatic rings. The highest BCUT2D eigenvalue weighted by Crippen LogP contribution is 1.99. The predicted octanol–water partition coefficient (Wildman–Crippen LogP) is 1.14. The summed E-state index contributed by atoms with van der Waals surface area (Å²) in [7, 11) is 1.73. The third-order valence-electron chi connectivity index (χ3n) is 1.98. The third-order valence-corrected chi connectivity index (χ3v) is 1.98. The van der Waals surface area contributed by atoms with Gasteiger partial charge in [0, 0.05) is 32.1 Å². The van der Waals surface area contributed by atoms with Gasteiger partial charge in [0.25, 0.3) is 0 Å². The summed E-state index contributed by atoms with van der Waals surface area (Å²) in [4.78, 5) is 13.1. The fourth-order valence-corrected chi connectivity index (χ4v) is 1.08. The fourth-order valence-electron chi connectivity index (χ4n) is 1.08. The van der Waals surface area contributed by atoms with Gasteiger partial charge in [-0.25, -0.2) is 0 Å². The molecule has 0 atom stereocenters. The van der Waals surface area contributed by atoms with E-state index in [1.165, 1.54) is 0 Å². The van der Waals surface area contributed by atoms with Crippen LogP contribution in [0.1, 0.15) is 33.6 Å².